The van der Waals surface area contributed by atoms with Gasteiger partial charge < -0.3 is 10.2 Å². The van der Waals surface area contributed by atoms with Gasteiger partial charge in [0.2, 0.25) is 5.91 Å². The Hall–Kier alpha value is -0.610. The monoisotopic (exact) mass is 255 g/mol. The summed E-state index contributed by atoms with van der Waals surface area (Å²) in [6.07, 6.45) is 2.33. The molecule has 1 amide bonds. The normalized spacial score (nSPS) is 16.3. The zero-order chi connectivity index (χ0) is 13.5. The van der Waals surface area contributed by atoms with Crippen LogP contribution in [0, 0.1) is 0 Å². The number of nitrogens with zero attached hydrogens (tertiary/aromatic N) is 2. The zero-order valence-electron chi connectivity index (χ0n) is 12.4. The van der Waals surface area contributed by atoms with Crippen molar-refractivity contribution in [3.05, 3.63) is 0 Å². The fourth-order valence-corrected chi connectivity index (χ4v) is 2.59. The topological polar surface area (TPSA) is 35.6 Å². The molecule has 1 N–H and O–H groups in total. The molecular formula is C14H29N3O. The summed E-state index contributed by atoms with van der Waals surface area (Å²) >= 11 is 0. The predicted molar refractivity (Wildman–Crippen MR) is 75.7 cm³/mol. The maximum Gasteiger partial charge on any atom is 0.236 e. The number of nitrogens with one attached hydrogen (secondary N) is 1. The highest BCUT2D eigenvalue weighted by Gasteiger charge is 2.17. The molecule has 0 spiro atoms. The maximum atomic E-state index is 11.8. The Morgan fingerprint density at radius 2 is 1.72 bits per heavy atom. The van der Waals surface area contributed by atoms with E-state index in [0.29, 0.717) is 18.6 Å². The molecule has 4 nitrogen and oxygen atoms in total. The lowest BCUT2D eigenvalue weighted by Crippen LogP contribution is -2.43. The van der Waals surface area contributed by atoms with Crippen LogP contribution in [0.1, 0.15) is 40.5 Å². The molecule has 0 aromatic heterocycles. The van der Waals surface area contributed by atoms with Crippen molar-refractivity contribution < 1.29 is 4.79 Å². The van der Waals surface area contributed by atoms with E-state index in [-0.39, 0.29) is 5.91 Å². The van der Waals surface area contributed by atoms with Crippen molar-refractivity contribution in [1.29, 1.82) is 0 Å². The largest absolute Gasteiger partial charge is 0.342 e. The van der Waals surface area contributed by atoms with E-state index in [1.165, 1.54) is 12.8 Å². The van der Waals surface area contributed by atoms with E-state index in [1.807, 2.05) is 4.90 Å². The summed E-state index contributed by atoms with van der Waals surface area (Å²) in [6.45, 7) is 13.1. The van der Waals surface area contributed by atoms with Gasteiger partial charge in [-0.05, 0) is 40.5 Å². The van der Waals surface area contributed by atoms with Crippen LogP contribution in [0.2, 0.25) is 0 Å². The molecule has 0 aromatic carbocycles. The molecule has 1 heterocycles. The second-order valence-corrected chi connectivity index (χ2v) is 5.69. The lowest BCUT2D eigenvalue weighted by atomic mass is 10.2. The molecule has 1 aliphatic heterocycles. The molecule has 1 aliphatic rings. The molecule has 0 aromatic rings. The molecule has 0 aliphatic carbocycles. The average molecular weight is 255 g/mol. The minimum absolute atomic E-state index is 0.258. The van der Waals surface area contributed by atoms with Crippen molar-refractivity contribution in [2.45, 2.75) is 52.6 Å². The number of carbonyl (C=O) groups is 1. The lowest BCUT2D eigenvalue weighted by Gasteiger charge is -2.30. The second-order valence-electron chi connectivity index (χ2n) is 5.69. The fraction of sp³-hybridized carbons (Fsp3) is 0.929. The lowest BCUT2D eigenvalue weighted by molar-refractivity contribution is -0.129. The Bertz CT molecular complexity index is 239. The first-order valence-electron chi connectivity index (χ1n) is 7.26. The number of likely N-dealkylation sites (tertiary alicyclic amines) is 1. The molecule has 4 heteroatoms. The smallest absolute Gasteiger partial charge is 0.236 e. The van der Waals surface area contributed by atoms with Gasteiger partial charge in [0.25, 0.3) is 0 Å². The third-order valence-corrected chi connectivity index (χ3v) is 3.61. The molecule has 18 heavy (non-hydrogen) atoms. The average Bonchev–Trinajstić information content (AvgIpc) is 2.80. The fourth-order valence-electron chi connectivity index (χ4n) is 2.59. The van der Waals surface area contributed by atoms with Gasteiger partial charge in [-0.3, -0.25) is 9.69 Å². The van der Waals surface area contributed by atoms with Crippen LogP contribution in [0.3, 0.4) is 0 Å². The first-order valence-corrected chi connectivity index (χ1v) is 7.26. The first-order chi connectivity index (χ1) is 8.52. The highest BCUT2D eigenvalue weighted by atomic mass is 16.2. The number of carbonyl (C=O) groups excluding carboxylic acids is 1. The molecule has 0 atom stereocenters. The number of hydrogen-bond donors (Lipinski definition) is 1. The van der Waals surface area contributed by atoms with Crippen molar-refractivity contribution in [3.63, 3.8) is 0 Å². The van der Waals surface area contributed by atoms with Gasteiger partial charge in [-0.1, -0.05) is 0 Å². The van der Waals surface area contributed by atoms with E-state index in [1.54, 1.807) is 0 Å². The summed E-state index contributed by atoms with van der Waals surface area (Å²) in [6, 6.07) is 1.11. The minimum atomic E-state index is 0.258. The highest BCUT2D eigenvalue weighted by molar-refractivity contribution is 5.78. The van der Waals surface area contributed by atoms with Crippen LogP contribution in [0.5, 0.6) is 0 Å². The molecule has 0 saturated carbocycles. The number of hydrogen-bond acceptors (Lipinski definition) is 3. The van der Waals surface area contributed by atoms with Crippen molar-refractivity contribution in [2.75, 3.05) is 32.7 Å². The van der Waals surface area contributed by atoms with Gasteiger partial charge >= 0.3 is 0 Å². The molecule has 0 unspecified atom stereocenters. The van der Waals surface area contributed by atoms with Crippen LogP contribution in [-0.4, -0.2) is 60.5 Å². The Morgan fingerprint density at radius 1 is 1.17 bits per heavy atom. The van der Waals surface area contributed by atoms with Gasteiger partial charge in [0.1, 0.15) is 0 Å². The van der Waals surface area contributed by atoms with Gasteiger partial charge in [0.05, 0.1) is 6.54 Å². The third-order valence-electron chi connectivity index (χ3n) is 3.61. The predicted octanol–water partition coefficient (Wildman–Crippen LogP) is 1.32. The van der Waals surface area contributed by atoms with Gasteiger partial charge in [0.15, 0.2) is 0 Å². The molecule has 1 saturated heterocycles. The van der Waals surface area contributed by atoms with E-state index in [4.69, 9.17) is 0 Å². The Labute approximate surface area is 112 Å². The van der Waals surface area contributed by atoms with Crippen molar-refractivity contribution in [1.82, 2.24) is 15.1 Å². The Kier molecular flexibility index (Phi) is 6.65. The van der Waals surface area contributed by atoms with Crippen molar-refractivity contribution in [3.8, 4) is 0 Å². The van der Waals surface area contributed by atoms with Crippen LogP contribution in [0.15, 0.2) is 0 Å². The number of amides is 1. The molecule has 1 fully saturated rings. The van der Waals surface area contributed by atoms with Crippen LogP contribution in [0.25, 0.3) is 0 Å². The van der Waals surface area contributed by atoms with E-state index < -0.39 is 0 Å². The summed E-state index contributed by atoms with van der Waals surface area (Å²) in [5.74, 6) is 0.258. The summed E-state index contributed by atoms with van der Waals surface area (Å²) in [5.41, 5.74) is 0. The van der Waals surface area contributed by atoms with E-state index in [9.17, 15) is 4.79 Å². The third kappa shape index (κ3) is 4.94. The van der Waals surface area contributed by atoms with E-state index in [2.05, 4.69) is 37.9 Å². The molecule has 0 radical (unpaired) electrons. The van der Waals surface area contributed by atoms with Crippen LogP contribution >= 0.6 is 0 Å². The van der Waals surface area contributed by atoms with Crippen LogP contribution in [0.4, 0.5) is 0 Å². The first kappa shape index (κ1) is 15.4. The van der Waals surface area contributed by atoms with E-state index >= 15 is 0 Å². The van der Waals surface area contributed by atoms with Crippen molar-refractivity contribution in [2.24, 2.45) is 0 Å². The number of rotatable bonds is 7. The standard InChI is InChI=1S/C14H29N3O/c1-12(2)17(13(3)4)10-7-15-11-14(18)16-8-5-6-9-16/h12-13,15H,5-11H2,1-4H3. The van der Waals surface area contributed by atoms with E-state index in [0.717, 1.165) is 26.2 Å². The summed E-state index contributed by atoms with van der Waals surface area (Å²) in [4.78, 5) is 16.2. The minimum Gasteiger partial charge on any atom is -0.342 e. The zero-order valence-corrected chi connectivity index (χ0v) is 12.4. The second kappa shape index (κ2) is 7.74. The summed E-state index contributed by atoms with van der Waals surface area (Å²) in [5, 5.41) is 3.27. The van der Waals surface area contributed by atoms with Gasteiger partial charge in [-0.2, -0.15) is 0 Å². The highest BCUT2D eigenvalue weighted by Crippen LogP contribution is 2.06. The molecular weight excluding hydrogens is 226 g/mol. The Balaban J connectivity index is 2.15. The van der Waals surface area contributed by atoms with Gasteiger partial charge in [0, 0.05) is 38.3 Å². The molecule has 0 bridgehead atoms. The van der Waals surface area contributed by atoms with Gasteiger partial charge in [-0.15, -0.1) is 0 Å². The van der Waals surface area contributed by atoms with Crippen LogP contribution < -0.4 is 5.32 Å². The molecule has 106 valence electrons. The summed E-state index contributed by atoms with van der Waals surface area (Å²) < 4.78 is 0. The molecule has 1 rings (SSSR count). The maximum absolute atomic E-state index is 11.8. The quantitative estimate of drug-likeness (QED) is 0.697. The summed E-state index contributed by atoms with van der Waals surface area (Å²) in [7, 11) is 0. The van der Waals surface area contributed by atoms with Gasteiger partial charge in [-0.25, -0.2) is 0 Å². The SMILES string of the molecule is CC(C)N(CCNCC(=O)N1CCCC1)C(C)C. The Morgan fingerprint density at radius 3 is 2.22 bits per heavy atom. The van der Waals surface area contributed by atoms with Crippen molar-refractivity contribution >= 4 is 5.91 Å². The van der Waals surface area contributed by atoms with Crippen LogP contribution in [-0.2, 0) is 4.79 Å².